The molecular formula is C20H18N4O. The summed E-state index contributed by atoms with van der Waals surface area (Å²) in [5.41, 5.74) is 15.0. The second-order valence-corrected chi connectivity index (χ2v) is 5.63. The molecule has 25 heavy (non-hydrogen) atoms. The Morgan fingerprint density at radius 1 is 1.08 bits per heavy atom. The van der Waals surface area contributed by atoms with Crippen molar-refractivity contribution in [2.45, 2.75) is 6.42 Å². The van der Waals surface area contributed by atoms with Crippen molar-refractivity contribution >= 4 is 28.7 Å². The van der Waals surface area contributed by atoms with Crippen LogP contribution in [0.5, 0.6) is 0 Å². The molecule has 3 rings (SSSR count). The Morgan fingerprint density at radius 2 is 1.88 bits per heavy atom. The van der Waals surface area contributed by atoms with Crippen LogP contribution in [0.1, 0.15) is 22.3 Å². The summed E-state index contributed by atoms with van der Waals surface area (Å²) in [6, 6.07) is 12.1. The molecule has 0 saturated heterocycles. The van der Waals surface area contributed by atoms with E-state index < -0.39 is 0 Å². The van der Waals surface area contributed by atoms with Crippen molar-refractivity contribution in [1.29, 1.82) is 0 Å². The molecule has 0 saturated carbocycles. The second kappa shape index (κ2) is 7.37. The Hall–Kier alpha value is -3.52. The van der Waals surface area contributed by atoms with E-state index in [0.29, 0.717) is 22.6 Å². The highest BCUT2D eigenvalue weighted by atomic mass is 16.1. The Bertz CT molecular complexity index is 912. The molecule has 5 N–H and O–H groups in total. The molecule has 0 atom stereocenters. The zero-order chi connectivity index (χ0) is 17.6. The Balaban J connectivity index is 1.75. The minimum absolute atomic E-state index is 0.274. The van der Waals surface area contributed by atoms with Gasteiger partial charge < -0.3 is 16.8 Å². The fraction of sp³-hybridized carbons (Fsp3) is 0.100. The number of carbonyl (C=O) groups is 1. The molecule has 1 aliphatic heterocycles. The van der Waals surface area contributed by atoms with Crippen LogP contribution in [0.15, 0.2) is 59.6 Å². The fourth-order valence-electron chi connectivity index (χ4n) is 2.41. The van der Waals surface area contributed by atoms with Gasteiger partial charge in [-0.25, -0.2) is 0 Å². The molecule has 0 aromatic heterocycles. The molecule has 0 aliphatic carbocycles. The van der Waals surface area contributed by atoms with Crippen molar-refractivity contribution in [3.63, 3.8) is 0 Å². The van der Waals surface area contributed by atoms with Gasteiger partial charge in [0.25, 0.3) is 5.91 Å². The first-order valence-corrected chi connectivity index (χ1v) is 7.90. The highest BCUT2D eigenvalue weighted by Crippen LogP contribution is 2.16. The van der Waals surface area contributed by atoms with Crippen LogP contribution in [-0.2, 0) is 0 Å². The zero-order valence-electron chi connectivity index (χ0n) is 13.6. The molecule has 0 bridgehead atoms. The van der Waals surface area contributed by atoms with Crippen molar-refractivity contribution in [1.82, 2.24) is 0 Å². The number of benzene rings is 2. The van der Waals surface area contributed by atoms with Gasteiger partial charge in [-0.15, -0.1) is 0 Å². The van der Waals surface area contributed by atoms with Gasteiger partial charge in [-0.3, -0.25) is 9.79 Å². The number of anilines is 3. The standard InChI is InChI=1S/C20H18N4O/c21-16-11-15(12-17(22)13-16)20(25)24-19-6-3-4-14(10-19)7-8-18-5-1-2-9-23-18/h1,3-6,10-13H,2,9,21-22H2,(H,24,25). The highest BCUT2D eigenvalue weighted by molar-refractivity contribution is 6.09. The minimum atomic E-state index is -0.274. The number of rotatable bonds is 2. The maximum Gasteiger partial charge on any atom is 0.255 e. The Kier molecular flexibility index (Phi) is 4.82. The van der Waals surface area contributed by atoms with Crippen LogP contribution >= 0.6 is 0 Å². The van der Waals surface area contributed by atoms with Crippen LogP contribution in [0.4, 0.5) is 17.1 Å². The summed E-state index contributed by atoms with van der Waals surface area (Å²) < 4.78 is 0. The molecule has 0 fully saturated rings. The number of aliphatic imine (C=N–C) groups is 1. The lowest BCUT2D eigenvalue weighted by Gasteiger charge is -2.07. The quantitative estimate of drug-likeness (QED) is 0.584. The predicted octanol–water partition coefficient (Wildman–Crippen LogP) is 2.86. The maximum atomic E-state index is 12.3. The molecule has 0 spiro atoms. The molecule has 2 aromatic rings. The van der Waals surface area contributed by atoms with E-state index in [1.165, 1.54) is 0 Å². The van der Waals surface area contributed by atoms with Crippen LogP contribution in [0.25, 0.3) is 0 Å². The summed E-state index contributed by atoms with van der Waals surface area (Å²) in [7, 11) is 0. The van der Waals surface area contributed by atoms with Crippen molar-refractivity contribution in [3.05, 3.63) is 65.7 Å². The molecule has 1 aliphatic rings. The number of hydrogen-bond donors (Lipinski definition) is 3. The van der Waals surface area contributed by atoms with Crippen molar-refractivity contribution in [3.8, 4) is 11.8 Å². The predicted molar refractivity (Wildman–Crippen MR) is 103 cm³/mol. The lowest BCUT2D eigenvalue weighted by molar-refractivity contribution is 0.102. The van der Waals surface area contributed by atoms with E-state index in [9.17, 15) is 4.79 Å². The van der Waals surface area contributed by atoms with Gasteiger partial charge in [0, 0.05) is 34.7 Å². The first kappa shape index (κ1) is 16.3. The molecule has 0 radical (unpaired) electrons. The fourth-order valence-corrected chi connectivity index (χ4v) is 2.41. The largest absolute Gasteiger partial charge is 0.399 e. The van der Waals surface area contributed by atoms with Gasteiger partial charge in [0.2, 0.25) is 0 Å². The Labute approximate surface area is 146 Å². The van der Waals surface area contributed by atoms with Gasteiger partial charge in [0.15, 0.2) is 0 Å². The summed E-state index contributed by atoms with van der Waals surface area (Å²) in [4.78, 5) is 16.7. The lowest BCUT2D eigenvalue weighted by atomic mass is 10.1. The van der Waals surface area contributed by atoms with Gasteiger partial charge in [0.05, 0.1) is 0 Å². The monoisotopic (exact) mass is 330 g/mol. The van der Waals surface area contributed by atoms with Crippen molar-refractivity contribution < 1.29 is 4.79 Å². The molecule has 2 aromatic carbocycles. The van der Waals surface area contributed by atoms with Gasteiger partial charge in [-0.05, 0) is 54.8 Å². The van der Waals surface area contributed by atoms with Crippen molar-refractivity contribution in [2.24, 2.45) is 4.99 Å². The summed E-state index contributed by atoms with van der Waals surface area (Å²) in [5.74, 6) is 5.82. The zero-order valence-corrected chi connectivity index (χ0v) is 13.6. The van der Waals surface area contributed by atoms with Gasteiger partial charge in [0.1, 0.15) is 5.71 Å². The van der Waals surface area contributed by atoms with Crippen LogP contribution in [0.2, 0.25) is 0 Å². The molecular weight excluding hydrogens is 312 g/mol. The summed E-state index contributed by atoms with van der Waals surface area (Å²) in [6.45, 7) is 0.778. The number of nitrogens with zero attached hydrogens (tertiary/aromatic N) is 1. The Morgan fingerprint density at radius 3 is 2.60 bits per heavy atom. The van der Waals surface area contributed by atoms with Crippen LogP contribution < -0.4 is 16.8 Å². The third-order valence-corrected chi connectivity index (χ3v) is 3.55. The number of nitrogens with two attached hydrogens (primary N) is 2. The van der Waals surface area contributed by atoms with Gasteiger partial charge in [-0.1, -0.05) is 18.1 Å². The average molecular weight is 330 g/mol. The van der Waals surface area contributed by atoms with E-state index in [1.54, 1.807) is 24.3 Å². The van der Waals surface area contributed by atoms with Crippen LogP contribution in [-0.4, -0.2) is 18.2 Å². The SMILES string of the molecule is Nc1cc(N)cc(C(=O)Nc2cccc(C#CC3=NCCC=C3)c2)c1. The van der Waals surface area contributed by atoms with E-state index in [4.69, 9.17) is 11.5 Å². The number of dihydropyridines is 1. The number of carbonyl (C=O) groups excluding carboxylic acids is 1. The molecule has 1 heterocycles. The normalized spacial score (nSPS) is 12.7. The van der Waals surface area contributed by atoms with E-state index >= 15 is 0 Å². The van der Waals surface area contributed by atoms with Crippen LogP contribution in [0, 0.1) is 11.8 Å². The third-order valence-electron chi connectivity index (χ3n) is 3.55. The topological polar surface area (TPSA) is 93.5 Å². The first-order valence-electron chi connectivity index (χ1n) is 7.90. The summed E-state index contributed by atoms with van der Waals surface area (Å²) in [5, 5.41) is 2.83. The number of nitrogen functional groups attached to an aromatic ring is 2. The second-order valence-electron chi connectivity index (χ2n) is 5.63. The van der Waals surface area contributed by atoms with E-state index in [1.807, 2.05) is 24.3 Å². The number of nitrogens with one attached hydrogen (secondary N) is 1. The molecule has 124 valence electrons. The number of allylic oxidation sites excluding steroid dienone is 1. The van der Waals surface area contributed by atoms with E-state index in [-0.39, 0.29) is 5.91 Å². The maximum absolute atomic E-state index is 12.3. The lowest BCUT2D eigenvalue weighted by Crippen LogP contribution is -2.12. The third kappa shape index (κ3) is 4.49. The van der Waals surface area contributed by atoms with Gasteiger partial charge in [-0.2, -0.15) is 0 Å². The van der Waals surface area contributed by atoms with Crippen molar-refractivity contribution in [2.75, 3.05) is 23.3 Å². The van der Waals surface area contributed by atoms with Gasteiger partial charge >= 0.3 is 0 Å². The smallest absolute Gasteiger partial charge is 0.255 e. The van der Waals surface area contributed by atoms with Crippen LogP contribution in [0.3, 0.4) is 0 Å². The molecule has 5 nitrogen and oxygen atoms in total. The van der Waals surface area contributed by atoms with E-state index in [2.05, 4.69) is 28.2 Å². The van der Waals surface area contributed by atoms with E-state index in [0.717, 1.165) is 24.2 Å². The summed E-state index contributed by atoms with van der Waals surface area (Å²) >= 11 is 0. The average Bonchev–Trinajstić information content (AvgIpc) is 2.60. The first-order chi connectivity index (χ1) is 12.1. The highest BCUT2D eigenvalue weighted by Gasteiger charge is 2.08. The number of hydrogen-bond acceptors (Lipinski definition) is 4. The summed E-state index contributed by atoms with van der Waals surface area (Å²) in [6.07, 6.45) is 4.94. The molecule has 0 unspecified atom stereocenters. The molecule has 1 amide bonds. The number of amides is 1. The minimum Gasteiger partial charge on any atom is -0.399 e. The molecule has 5 heteroatoms.